The minimum absolute atomic E-state index is 0.00423. The summed E-state index contributed by atoms with van der Waals surface area (Å²) in [5.74, 6) is -2.35. The van der Waals surface area contributed by atoms with E-state index in [4.69, 9.17) is 19.9 Å². The highest BCUT2D eigenvalue weighted by Crippen LogP contribution is 2.44. The number of benzene rings is 3. The van der Waals surface area contributed by atoms with Gasteiger partial charge in [0.05, 0.1) is 7.11 Å². The Hall–Kier alpha value is -6.32. The lowest BCUT2D eigenvalue weighted by Gasteiger charge is -2.25. The number of carbonyl (C=O) groups excluding carboxylic acids is 6. The summed E-state index contributed by atoms with van der Waals surface area (Å²) in [7, 11) is 1.18. The van der Waals surface area contributed by atoms with Crippen molar-refractivity contribution in [3.8, 4) is 16.9 Å². The highest BCUT2D eigenvalue weighted by Gasteiger charge is 2.32. The van der Waals surface area contributed by atoms with E-state index in [9.17, 15) is 33.9 Å². The minimum atomic E-state index is -1.21. The number of amides is 6. The summed E-state index contributed by atoms with van der Waals surface area (Å²) in [6, 6.07) is 17.5. The molecule has 0 unspecified atom stereocenters. The molecule has 16 heteroatoms. The average molecular weight is 803 g/mol. The van der Waals surface area contributed by atoms with E-state index >= 15 is 0 Å². The van der Waals surface area contributed by atoms with Gasteiger partial charge in [-0.05, 0) is 92.8 Å². The van der Waals surface area contributed by atoms with Gasteiger partial charge >= 0.3 is 24.2 Å². The highest BCUT2D eigenvalue weighted by molar-refractivity contribution is 5.93. The van der Waals surface area contributed by atoms with Crippen LogP contribution in [0.25, 0.3) is 11.1 Å². The van der Waals surface area contributed by atoms with Crippen molar-refractivity contribution in [3.05, 3.63) is 89.5 Å². The lowest BCUT2D eigenvalue weighted by Crippen LogP contribution is -2.56. The second kappa shape index (κ2) is 21.3. The SMILES string of the molecule is COC(=O)[C@H](Cc1ccc(O)cc1)NC(=O)[C@H](CCCCNC(=O)OC(C)(C)C)NC(=O)[C@H](CCCNC(N)=O)NC(=O)OCC1c2ccccc2-c2ccccc21. The maximum Gasteiger partial charge on any atom is 0.407 e. The number of hydrogen-bond acceptors (Lipinski definition) is 10. The van der Waals surface area contributed by atoms with E-state index in [0.717, 1.165) is 22.3 Å². The van der Waals surface area contributed by atoms with Crippen LogP contribution in [-0.2, 0) is 35.0 Å². The number of phenolic OH excluding ortho intramolecular Hbond substituents is 1. The third kappa shape index (κ3) is 13.7. The van der Waals surface area contributed by atoms with Gasteiger partial charge in [0.25, 0.3) is 0 Å². The van der Waals surface area contributed by atoms with Crippen molar-refractivity contribution in [1.82, 2.24) is 26.6 Å². The summed E-state index contributed by atoms with van der Waals surface area (Å²) in [6.07, 6.45) is -0.323. The number of unbranched alkanes of at least 4 members (excludes halogenated alkanes) is 1. The molecule has 0 spiro atoms. The number of esters is 1. The maximum absolute atomic E-state index is 14.0. The number of fused-ring (bicyclic) bond motifs is 3. The van der Waals surface area contributed by atoms with Crippen molar-refractivity contribution in [2.45, 2.75) is 88.9 Å². The molecular weight excluding hydrogens is 748 g/mol. The molecule has 0 bridgehead atoms. The predicted octanol–water partition coefficient (Wildman–Crippen LogP) is 4.13. The van der Waals surface area contributed by atoms with Gasteiger partial charge in [-0.15, -0.1) is 0 Å². The lowest BCUT2D eigenvalue weighted by atomic mass is 9.98. The fraction of sp³-hybridized carbons (Fsp3) is 0.429. The Morgan fingerprint density at radius 3 is 1.84 bits per heavy atom. The van der Waals surface area contributed by atoms with Gasteiger partial charge in [0.1, 0.15) is 36.1 Å². The van der Waals surface area contributed by atoms with Crippen LogP contribution in [0.4, 0.5) is 14.4 Å². The van der Waals surface area contributed by atoms with Gasteiger partial charge in [-0.2, -0.15) is 0 Å². The van der Waals surface area contributed by atoms with Crippen molar-refractivity contribution in [2.75, 3.05) is 26.8 Å². The molecule has 3 aromatic rings. The average Bonchev–Trinajstić information content (AvgIpc) is 3.50. The molecule has 0 radical (unpaired) electrons. The third-order valence-electron chi connectivity index (χ3n) is 9.32. The first-order valence-corrected chi connectivity index (χ1v) is 19.2. The predicted molar refractivity (Wildman–Crippen MR) is 215 cm³/mol. The van der Waals surface area contributed by atoms with Crippen LogP contribution in [-0.4, -0.2) is 91.6 Å². The number of methoxy groups -OCH3 is 1. The molecule has 0 aromatic heterocycles. The molecule has 0 saturated heterocycles. The quantitative estimate of drug-likeness (QED) is 0.0520. The second-order valence-corrected chi connectivity index (χ2v) is 14.9. The van der Waals surface area contributed by atoms with Crippen molar-refractivity contribution in [3.63, 3.8) is 0 Å². The van der Waals surface area contributed by atoms with Crippen LogP contribution in [0.15, 0.2) is 72.8 Å². The number of urea groups is 1. The molecule has 312 valence electrons. The molecule has 0 aliphatic heterocycles. The fourth-order valence-corrected chi connectivity index (χ4v) is 6.56. The first kappa shape index (κ1) is 44.4. The van der Waals surface area contributed by atoms with Gasteiger partial charge in [0, 0.05) is 25.4 Å². The zero-order valence-electron chi connectivity index (χ0n) is 33.3. The summed E-state index contributed by atoms with van der Waals surface area (Å²) in [4.78, 5) is 77.5. The Kier molecular flexibility index (Phi) is 16.3. The number of rotatable bonds is 19. The Labute approximate surface area is 337 Å². The summed E-state index contributed by atoms with van der Waals surface area (Å²) in [6.45, 7) is 5.55. The molecule has 0 heterocycles. The molecule has 16 nitrogen and oxygen atoms in total. The standard InChI is InChI=1S/C42H54N6O10/c1-42(2,3)58-40(54)45-22-10-9-16-33(36(50)47-35(38(52)56-4)24-26-18-20-27(49)21-19-26)46-37(51)34(17-11-23-44-39(43)53)48-41(55)57-25-32-30-14-7-5-12-28(30)29-13-6-8-15-31(29)32/h5-8,12-15,18-21,32-35,49H,9-11,16-17,22-25H2,1-4H3,(H,45,54)(H,46,51)(H,47,50)(H,48,55)(H3,43,44,53)/t33-,34-,35-/m0/s1. The number of carbonyl (C=O) groups is 6. The first-order chi connectivity index (χ1) is 27.6. The molecule has 58 heavy (non-hydrogen) atoms. The second-order valence-electron chi connectivity index (χ2n) is 14.9. The normalized spacial score (nSPS) is 13.4. The lowest BCUT2D eigenvalue weighted by molar-refractivity contribution is -0.145. The molecule has 0 fully saturated rings. The summed E-state index contributed by atoms with van der Waals surface area (Å²) in [5.41, 5.74) is 9.27. The van der Waals surface area contributed by atoms with E-state index in [0.29, 0.717) is 18.4 Å². The van der Waals surface area contributed by atoms with Crippen molar-refractivity contribution >= 4 is 36.0 Å². The van der Waals surface area contributed by atoms with Crippen molar-refractivity contribution in [2.24, 2.45) is 5.73 Å². The molecular formula is C42H54N6O10. The minimum Gasteiger partial charge on any atom is -0.508 e. The van der Waals surface area contributed by atoms with E-state index in [1.54, 1.807) is 32.9 Å². The summed E-state index contributed by atoms with van der Waals surface area (Å²) < 4.78 is 15.9. The molecule has 1 aliphatic rings. The number of hydrogen-bond donors (Lipinski definition) is 7. The Balaban J connectivity index is 1.48. The largest absolute Gasteiger partial charge is 0.508 e. The van der Waals surface area contributed by atoms with E-state index in [1.807, 2.05) is 48.5 Å². The van der Waals surface area contributed by atoms with Gasteiger partial charge in [0.15, 0.2) is 0 Å². The zero-order valence-corrected chi connectivity index (χ0v) is 33.3. The highest BCUT2D eigenvalue weighted by atomic mass is 16.6. The number of aromatic hydroxyl groups is 1. The van der Waals surface area contributed by atoms with Crippen LogP contribution in [0.3, 0.4) is 0 Å². The summed E-state index contributed by atoms with van der Waals surface area (Å²) in [5, 5.41) is 22.9. The van der Waals surface area contributed by atoms with Crippen LogP contribution in [0.1, 0.15) is 75.5 Å². The number of ether oxygens (including phenoxy) is 3. The maximum atomic E-state index is 14.0. The smallest absolute Gasteiger partial charge is 0.407 e. The number of nitrogens with two attached hydrogens (primary N) is 1. The molecule has 0 saturated carbocycles. The van der Waals surface area contributed by atoms with Crippen LogP contribution in [0.2, 0.25) is 0 Å². The van der Waals surface area contributed by atoms with Crippen LogP contribution >= 0.6 is 0 Å². The first-order valence-electron chi connectivity index (χ1n) is 19.2. The molecule has 4 rings (SSSR count). The molecule has 6 amide bonds. The third-order valence-corrected chi connectivity index (χ3v) is 9.32. The molecule has 3 atom stereocenters. The topological polar surface area (TPSA) is 237 Å². The number of nitrogens with one attached hydrogen (secondary N) is 5. The van der Waals surface area contributed by atoms with Crippen LogP contribution < -0.4 is 32.3 Å². The zero-order chi connectivity index (χ0) is 42.2. The fourth-order valence-electron chi connectivity index (χ4n) is 6.56. The van der Waals surface area contributed by atoms with Gasteiger partial charge in [-0.25, -0.2) is 19.2 Å². The number of primary amides is 1. The van der Waals surface area contributed by atoms with E-state index in [-0.39, 0.29) is 57.0 Å². The van der Waals surface area contributed by atoms with Gasteiger partial charge in [0.2, 0.25) is 11.8 Å². The number of alkyl carbamates (subject to hydrolysis) is 2. The van der Waals surface area contributed by atoms with Crippen molar-refractivity contribution in [1.29, 1.82) is 0 Å². The molecule has 8 N–H and O–H groups in total. The molecule has 3 aromatic carbocycles. The summed E-state index contributed by atoms with van der Waals surface area (Å²) >= 11 is 0. The Bertz CT molecular complexity index is 1850. The monoisotopic (exact) mass is 802 g/mol. The van der Waals surface area contributed by atoms with Crippen LogP contribution in [0.5, 0.6) is 5.75 Å². The van der Waals surface area contributed by atoms with E-state index < -0.39 is 59.7 Å². The van der Waals surface area contributed by atoms with Gasteiger partial charge < -0.3 is 51.6 Å². The molecule has 1 aliphatic carbocycles. The van der Waals surface area contributed by atoms with E-state index in [1.165, 1.54) is 19.2 Å². The van der Waals surface area contributed by atoms with Crippen molar-refractivity contribution < 1.29 is 48.1 Å². The van der Waals surface area contributed by atoms with Gasteiger partial charge in [-0.3, -0.25) is 9.59 Å². The Morgan fingerprint density at radius 2 is 1.26 bits per heavy atom. The van der Waals surface area contributed by atoms with Gasteiger partial charge in [-0.1, -0.05) is 60.7 Å². The Morgan fingerprint density at radius 1 is 0.707 bits per heavy atom. The number of phenols is 1. The van der Waals surface area contributed by atoms with Crippen LogP contribution in [0, 0.1) is 0 Å². The van der Waals surface area contributed by atoms with E-state index in [2.05, 4.69) is 26.6 Å².